The van der Waals surface area contributed by atoms with E-state index in [1.807, 2.05) is 24.3 Å². The van der Waals surface area contributed by atoms with E-state index in [1.165, 1.54) is 18.2 Å². The fraction of sp³-hybridized carbons (Fsp3) is 0.222. The maximum absolute atomic E-state index is 13.5. The second-order valence-electron chi connectivity index (χ2n) is 5.07. The lowest BCUT2D eigenvalue weighted by molar-refractivity contribution is -0.120. The highest BCUT2D eigenvalue weighted by Gasteiger charge is 2.11. The Bertz CT molecular complexity index is 719. The number of amides is 2. The van der Waals surface area contributed by atoms with Crippen LogP contribution in [0.4, 0.5) is 4.39 Å². The molecule has 6 heteroatoms. The summed E-state index contributed by atoms with van der Waals surface area (Å²) in [5, 5.41) is 5.10. The molecule has 2 aromatic carbocycles. The average molecular weight is 330 g/mol. The van der Waals surface area contributed by atoms with Gasteiger partial charge in [0.05, 0.1) is 19.2 Å². The average Bonchev–Trinajstić information content (AvgIpc) is 2.60. The van der Waals surface area contributed by atoms with E-state index in [0.717, 1.165) is 11.3 Å². The molecule has 0 heterocycles. The number of rotatable bonds is 7. The predicted molar refractivity (Wildman–Crippen MR) is 88.4 cm³/mol. The minimum Gasteiger partial charge on any atom is -0.496 e. The third-order valence-corrected chi connectivity index (χ3v) is 3.44. The van der Waals surface area contributed by atoms with Gasteiger partial charge in [0, 0.05) is 6.54 Å². The molecule has 0 aliphatic rings. The summed E-state index contributed by atoms with van der Waals surface area (Å²) in [5.41, 5.74) is 0.898. The summed E-state index contributed by atoms with van der Waals surface area (Å²) >= 11 is 0. The van der Waals surface area contributed by atoms with Crippen LogP contribution in [0, 0.1) is 5.82 Å². The number of hydrogen-bond acceptors (Lipinski definition) is 3. The Labute approximate surface area is 139 Å². The van der Waals surface area contributed by atoms with Crippen molar-refractivity contribution in [2.24, 2.45) is 0 Å². The molecule has 2 N–H and O–H groups in total. The first kappa shape index (κ1) is 17.5. The number of hydrogen-bond donors (Lipinski definition) is 2. The van der Waals surface area contributed by atoms with Crippen LogP contribution in [0.5, 0.6) is 5.75 Å². The highest BCUT2D eigenvalue weighted by Crippen LogP contribution is 2.17. The number of para-hydroxylation sites is 1. The van der Waals surface area contributed by atoms with Gasteiger partial charge in [-0.3, -0.25) is 9.59 Å². The standard InChI is InChI=1S/C18H19FN2O3/c1-24-16-9-5-2-6-13(16)10-11-20-17(22)12-21-18(23)14-7-3-4-8-15(14)19/h2-9H,10-12H2,1H3,(H,20,22)(H,21,23). The Morgan fingerprint density at radius 2 is 1.75 bits per heavy atom. The number of carbonyl (C=O) groups is 2. The molecule has 0 saturated carbocycles. The van der Waals surface area contributed by atoms with E-state index >= 15 is 0 Å². The molecule has 0 fully saturated rings. The molecule has 0 saturated heterocycles. The largest absolute Gasteiger partial charge is 0.496 e. The van der Waals surface area contributed by atoms with Crippen LogP contribution in [-0.4, -0.2) is 32.0 Å². The molecule has 0 radical (unpaired) electrons. The first-order chi connectivity index (χ1) is 11.6. The zero-order valence-corrected chi connectivity index (χ0v) is 13.3. The minimum absolute atomic E-state index is 0.0840. The highest BCUT2D eigenvalue weighted by molar-refractivity contribution is 5.96. The summed E-state index contributed by atoms with van der Waals surface area (Å²) in [6.45, 7) is 0.202. The summed E-state index contributed by atoms with van der Waals surface area (Å²) < 4.78 is 18.7. The van der Waals surface area contributed by atoms with Gasteiger partial charge in [-0.2, -0.15) is 0 Å². The van der Waals surface area contributed by atoms with E-state index < -0.39 is 11.7 Å². The van der Waals surface area contributed by atoms with Crippen LogP contribution >= 0.6 is 0 Å². The van der Waals surface area contributed by atoms with Gasteiger partial charge >= 0.3 is 0 Å². The van der Waals surface area contributed by atoms with Gasteiger partial charge in [-0.05, 0) is 30.2 Å². The van der Waals surface area contributed by atoms with Gasteiger partial charge in [-0.25, -0.2) is 4.39 Å². The normalized spacial score (nSPS) is 10.1. The van der Waals surface area contributed by atoms with Crippen molar-refractivity contribution in [3.8, 4) is 5.75 Å². The SMILES string of the molecule is COc1ccccc1CCNC(=O)CNC(=O)c1ccccc1F. The summed E-state index contributed by atoms with van der Waals surface area (Å²) in [4.78, 5) is 23.6. The van der Waals surface area contributed by atoms with Crippen molar-refractivity contribution in [2.45, 2.75) is 6.42 Å². The summed E-state index contributed by atoms with van der Waals surface area (Å²) in [6, 6.07) is 13.2. The van der Waals surface area contributed by atoms with Gasteiger partial charge in [0.25, 0.3) is 5.91 Å². The number of methoxy groups -OCH3 is 1. The van der Waals surface area contributed by atoms with E-state index in [4.69, 9.17) is 4.74 Å². The molecular weight excluding hydrogens is 311 g/mol. The number of nitrogens with one attached hydrogen (secondary N) is 2. The highest BCUT2D eigenvalue weighted by atomic mass is 19.1. The van der Waals surface area contributed by atoms with E-state index in [-0.39, 0.29) is 18.0 Å². The third kappa shape index (κ3) is 4.81. The van der Waals surface area contributed by atoms with Crippen molar-refractivity contribution in [2.75, 3.05) is 20.2 Å². The van der Waals surface area contributed by atoms with Crippen molar-refractivity contribution in [3.63, 3.8) is 0 Å². The Kier molecular flexibility index (Phi) is 6.31. The predicted octanol–water partition coefficient (Wildman–Crippen LogP) is 1.92. The lowest BCUT2D eigenvalue weighted by atomic mass is 10.1. The molecule has 5 nitrogen and oxygen atoms in total. The van der Waals surface area contributed by atoms with Crippen LogP contribution in [0.2, 0.25) is 0 Å². The molecule has 0 atom stereocenters. The third-order valence-electron chi connectivity index (χ3n) is 3.44. The van der Waals surface area contributed by atoms with Gasteiger partial charge in [-0.1, -0.05) is 30.3 Å². The molecule has 126 valence electrons. The summed E-state index contributed by atoms with van der Waals surface area (Å²) in [5.74, 6) is -0.811. The number of halogens is 1. The molecule has 24 heavy (non-hydrogen) atoms. The molecular formula is C18H19FN2O3. The Balaban J connectivity index is 1.76. The molecule has 2 amide bonds. The van der Waals surface area contributed by atoms with Gasteiger partial charge in [-0.15, -0.1) is 0 Å². The number of carbonyl (C=O) groups excluding carboxylic acids is 2. The van der Waals surface area contributed by atoms with Gasteiger partial charge in [0.2, 0.25) is 5.91 Å². The second-order valence-corrected chi connectivity index (χ2v) is 5.07. The molecule has 0 aliphatic carbocycles. The van der Waals surface area contributed by atoms with Crippen molar-refractivity contribution < 1.29 is 18.7 Å². The minimum atomic E-state index is -0.619. The quantitative estimate of drug-likeness (QED) is 0.815. The van der Waals surface area contributed by atoms with E-state index in [0.29, 0.717) is 13.0 Å². The summed E-state index contributed by atoms with van der Waals surface area (Å²) in [7, 11) is 1.59. The topological polar surface area (TPSA) is 67.4 Å². The van der Waals surface area contributed by atoms with Crippen LogP contribution in [0.25, 0.3) is 0 Å². The molecule has 2 aromatic rings. The molecule has 0 spiro atoms. The fourth-order valence-electron chi connectivity index (χ4n) is 2.21. The molecule has 2 rings (SSSR count). The Morgan fingerprint density at radius 3 is 2.50 bits per heavy atom. The lowest BCUT2D eigenvalue weighted by Gasteiger charge is -2.10. The monoisotopic (exact) mass is 330 g/mol. The first-order valence-corrected chi connectivity index (χ1v) is 7.53. The van der Waals surface area contributed by atoms with Crippen molar-refractivity contribution in [1.29, 1.82) is 0 Å². The first-order valence-electron chi connectivity index (χ1n) is 7.53. The van der Waals surface area contributed by atoms with Crippen LogP contribution in [-0.2, 0) is 11.2 Å². The van der Waals surface area contributed by atoms with E-state index in [1.54, 1.807) is 13.2 Å². The fourth-order valence-corrected chi connectivity index (χ4v) is 2.21. The maximum atomic E-state index is 13.5. The molecule has 0 bridgehead atoms. The van der Waals surface area contributed by atoms with Crippen molar-refractivity contribution >= 4 is 11.8 Å². The maximum Gasteiger partial charge on any atom is 0.254 e. The summed E-state index contributed by atoms with van der Waals surface area (Å²) in [6.07, 6.45) is 0.608. The number of benzene rings is 2. The van der Waals surface area contributed by atoms with E-state index in [9.17, 15) is 14.0 Å². The van der Waals surface area contributed by atoms with Crippen molar-refractivity contribution in [1.82, 2.24) is 10.6 Å². The zero-order chi connectivity index (χ0) is 17.4. The van der Waals surface area contributed by atoms with Crippen LogP contribution in [0.1, 0.15) is 15.9 Å². The van der Waals surface area contributed by atoms with Gasteiger partial charge in [0.15, 0.2) is 0 Å². The zero-order valence-electron chi connectivity index (χ0n) is 13.3. The second kappa shape index (κ2) is 8.67. The van der Waals surface area contributed by atoms with Gasteiger partial charge < -0.3 is 15.4 Å². The molecule has 0 unspecified atom stereocenters. The molecule has 0 aliphatic heterocycles. The number of ether oxygens (including phenoxy) is 1. The Morgan fingerprint density at radius 1 is 1.04 bits per heavy atom. The van der Waals surface area contributed by atoms with Crippen LogP contribution in [0.15, 0.2) is 48.5 Å². The van der Waals surface area contributed by atoms with Crippen LogP contribution in [0.3, 0.4) is 0 Å². The van der Waals surface area contributed by atoms with Gasteiger partial charge in [0.1, 0.15) is 11.6 Å². The Hall–Kier alpha value is -2.89. The van der Waals surface area contributed by atoms with E-state index in [2.05, 4.69) is 10.6 Å². The van der Waals surface area contributed by atoms with Crippen LogP contribution < -0.4 is 15.4 Å². The molecule has 0 aromatic heterocycles. The lowest BCUT2D eigenvalue weighted by Crippen LogP contribution is -2.38. The smallest absolute Gasteiger partial charge is 0.254 e. The van der Waals surface area contributed by atoms with Crippen molar-refractivity contribution in [3.05, 3.63) is 65.5 Å².